The second kappa shape index (κ2) is 9.26. The van der Waals surface area contributed by atoms with Gasteiger partial charge in [0, 0.05) is 13.0 Å². The van der Waals surface area contributed by atoms with E-state index in [0.717, 1.165) is 0 Å². The Labute approximate surface area is 106 Å². The van der Waals surface area contributed by atoms with Crippen molar-refractivity contribution in [3.8, 4) is 0 Å². The molecule has 0 radical (unpaired) electrons. The Morgan fingerprint density at radius 1 is 1.22 bits per heavy atom. The number of aliphatic carboxylic acids is 1. The van der Waals surface area contributed by atoms with E-state index in [0.29, 0.717) is 6.42 Å². The first-order chi connectivity index (χ1) is 8.49. The highest BCUT2D eigenvalue weighted by molar-refractivity contribution is 5.80. The molecule has 2 amide bonds. The first kappa shape index (κ1) is 16.2. The second-order valence-electron chi connectivity index (χ2n) is 3.74. The number of nitrogens with one attached hydrogen (secondary N) is 2. The van der Waals surface area contributed by atoms with Gasteiger partial charge in [-0.25, -0.2) is 4.79 Å². The third-order valence-corrected chi connectivity index (χ3v) is 2.29. The van der Waals surface area contributed by atoms with E-state index in [1.807, 2.05) is 6.92 Å². The summed E-state index contributed by atoms with van der Waals surface area (Å²) in [4.78, 5) is 32.7. The van der Waals surface area contributed by atoms with Crippen molar-refractivity contribution < 1.29 is 24.2 Å². The van der Waals surface area contributed by atoms with E-state index in [4.69, 9.17) is 5.11 Å². The van der Waals surface area contributed by atoms with Gasteiger partial charge in [0.2, 0.25) is 0 Å². The number of carbonyl (C=O) groups is 3. The van der Waals surface area contributed by atoms with Gasteiger partial charge in [-0.05, 0) is 12.8 Å². The molecule has 7 nitrogen and oxygen atoms in total. The zero-order valence-electron chi connectivity index (χ0n) is 10.7. The van der Waals surface area contributed by atoms with Crippen LogP contribution in [0.5, 0.6) is 0 Å². The molecule has 0 aromatic heterocycles. The van der Waals surface area contributed by atoms with Crippen LogP contribution < -0.4 is 10.6 Å². The number of ether oxygens (including phenoxy) is 1. The third kappa shape index (κ3) is 8.37. The molecular formula is C11H20N2O5. The van der Waals surface area contributed by atoms with E-state index in [2.05, 4.69) is 15.4 Å². The van der Waals surface area contributed by atoms with Gasteiger partial charge in [-0.3, -0.25) is 9.59 Å². The van der Waals surface area contributed by atoms with Crippen LogP contribution in [0.1, 0.15) is 26.7 Å². The van der Waals surface area contributed by atoms with Gasteiger partial charge in [0.05, 0.1) is 6.61 Å². The smallest absolute Gasteiger partial charge is 0.325 e. The molecule has 0 aliphatic carbocycles. The lowest BCUT2D eigenvalue weighted by Crippen LogP contribution is -2.41. The third-order valence-electron chi connectivity index (χ3n) is 2.29. The van der Waals surface area contributed by atoms with Crippen LogP contribution in [0.4, 0.5) is 4.79 Å². The van der Waals surface area contributed by atoms with Gasteiger partial charge < -0.3 is 20.5 Å². The number of carbonyl (C=O) groups excluding carboxylic acids is 2. The highest BCUT2D eigenvalue weighted by atomic mass is 16.5. The summed E-state index contributed by atoms with van der Waals surface area (Å²) >= 11 is 0. The maximum atomic E-state index is 11.3. The van der Waals surface area contributed by atoms with Crippen molar-refractivity contribution in [2.24, 2.45) is 5.92 Å². The number of hydrogen-bond donors (Lipinski definition) is 3. The van der Waals surface area contributed by atoms with Crippen molar-refractivity contribution in [1.29, 1.82) is 0 Å². The fourth-order valence-corrected chi connectivity index (χ4v) is 1.27. The molecule has 0 aromatic rings. The molecule has 1 atom stereocenters. The maximum Gasteiger partial charge on any atom is 0.325 e. The number of urea groups is 1. The zero-order chi connectivity index (χ0) is 14.0. The molecular weight excluding hydrogens is 240 g/mol. The SMILES string of the molecule is CCOC(=O)CNC(=O)NCC(CC)CC(=O)O. The summed E-state index contributed by atoms with van der Waals surface area (Å²) in [6.07, 6.45) is 0.666. The van der Waals surface area contributed by atoms with Crippen LogP contribution >= 0.6 is 0 Å². The monoisotopic (exact) mass is 260 g/mol. The molecule has 0 aliphatic rings. The number of carboxylic acid groups (broad SMARTS) is 1. The molecule has 3 N–H and O–H groups in total. The molecule has 0 spiro atoms. The molecule has 1 unspecified atom stereocenters. The lowest BCUT2D eigenvalue weighted by molar-refractivity contribution is -0.142. The Hall–Kier alpha value is -1.79. The van der Waals surface area contributed by atoms with E-state index >= 15 is 0 Å². The van der Waals surface area contributed by atoms with Gasteiger partial charge in [0.15, 0.2) is 0 Å². The summed E-state index contributed by atoms with van der Waals surface area (Å²) in [6, 6.07) is -0.508. The summed E-state index contributed by atoms with van der Waals surface area (Å²) in [6.45, 7) is 3.85. The van der Waals surface area contributed by atoms with E-state index in [1.165, 1.54) is 0 Å². The van der Waals surface area contributed by atoms with Crippen LogP contribution in [0.2, 0.25) is 0 Å². The van der Waals surface area contributed by atoms with Crippen LogP contribution in [0.25, 0.3) is 0 Å². The molecule has 0 heterocycles. The molecule has 0 fully saturated rings. The first-order valence-electron chi connectivity index (χ1n) is 5.88. The van der Waals surface area contributed by atoms with Crippen molar-refractivity contribution in [3.05, 3.63) is 0 Å². The average molecular weight is 260 g/mol. The Morgan fingerprint density at radius 3 is 2.39 bits per heavy atom. The minimum atomic E-state index is -0.893. The molecule has 0 saturated carbocycles. The summed E-state index contributed by atoms with van der Waals surface area (Å²) < 4.78 is 4.63. The largest absolute Gasteiger partial charge is 0.481 e. The predicted molar refractivity (Wildman–Crippen MR) is 64.1 cm³/mol. The maximum absolute atomic E-state index is 11.3. The van der Waals surface area contributed by atoms with Crippen LogP contribution in [0.3, 0.4) is 0 Å². The van der Waals surface area contributed by atoms with Crippen molar-refractivity contribution >= 4 is 18.0 Å². The van der Waals surface area contributed by atoms with Gasteiger partial charge in [-0.1, -0.05) is 13.3 Å². The molecule has 0 bridgehead atoms. The van der Waals surface area contributed by atoms with Gasteiger partial charge >= 0.3 is 18.0 Å². The van der Waals surface area contributed by atoms with Crippen LogP contribution in [0, 0.1) is 5.92 Å². The number of hydrogen-bond acceptors (Lipinski definition) is 4. The predicted octanol–water partition coefficient (Wildman–Crippen LogP) is 0.350. The van der Waals surface area contributed by atoms with Crippen LogP contribution in [0.15, 0.2) is 0 Å². The molecule has 0 rings (SSSR count). The van der Waals surface area contributed by atoms with Crippen molar-refractivity contribution in [1.82, 2.24) is 10.6 Å². The van der Waals surface area contributed by atoms with E-state index in [1.54, 1.807) is 6.92 Å². The zero-order valence-corrected chi connectivity index (χ0v) is 10.7. The quantitative estimate of drug-likeness (QED) is 0.546. The minimum absolute atomic E-state index is 0.00859. The lowest BCUT2D eigenvalue weighted by Gasteiger charge is -2.13. The van der Waals surface area contributed by atoms with Crippen molar-refractivity contribution in [2.75, 3.05) is 19.7 Å². The second-order valence-corrected chi connectivity index (χ2v) is 3.74. The number of esters is 1. The fourth-order valence-electron chi connectivity index (χ4n) is 1.27. The van der Waals surface area contributed by atoms with E-state index in [9.17, 15) is 14.4 Å². The minimum Gasteiger partial charge on any atom is -0.481 e. The van der Waals surface area contributed by atoms with E-state index < -0.39 is 18.0 Å². The van der Waals surface area contributed by atoms with Crippen LogP contribution in [-0.4, -0.2) is 42.8 Å². The molecule has 0 aliphatic heterocycles. The number of carboxylic acids is 1. The topological polar surface area (TPSA) is 105 Å². The molecule has 7 heteroatoms. The lowest BCUT2D eigenvalue weighted by atomic mass is 10.0. The molecule has 18 heavy (non-hydrogen) atoms. The fraction of sp³-hybridized carbons (Fsp3) is 0.727. The molecule has 0 aromatic carbocycles. The summed E-state index contributed by atoms with van der Waals surface area (Å²) in [5.41, 5.74) is 0. The normalized spacial score (nSPS) is 11.4. The summed E-state index contributed by atoms with van der Waals surface area (Å²) in [5, 5.41) is 13.5. The number of amides is 2. The average Bonchev–Trinajstić information content (AvgIpc) is 2.31. The Balaban J connectivity index is 3.80. The van der Waals surface area contributed by atoms with Crippen LogP contribution in [-0.2, 0) is 14.3 Å². The summed E-state index contributed by atoms with van der Waals surface area (Å²) in [7, 11) is 0. The first-order valence-corrected chi connectivity index (χ1v) is 5.88. The highest BCUT2D eigenvalue weighted by Gasteiger charge is 2.12. The van der Waals surface area contributed by atoms with Gasteiger partial charge in [-0.15, -0.1) is 0 Å². The van der Waals surface area contributed by atoms with Gasteiger partial charge in [0.25, 0.3) is 0 Å². The Bertz CT molecular complexity index is 293. The summed E-state index contributed by atoms with van der Waals surface area (Å²) in [5.74, 6) is -1.52. The highest BCUT2D eigenvalue weighted by Crippen LogP contribution is 2.06. The Kier molecular flexibility index (Phi) is 8.34. The molecule has 104 valence electrons. The van der Waals surface area contributed by atoms with Crippen molar-refractivity contribution in [2.45, 2.75) is 26.7 Å². The van der Waals surface area contributed by atoms with Crippen molar-refractivity contribution in [3.63, 3.8) is 0 Å². The standard InChI is InChI=1S/C11H20N2O5/c1-3-8(5-9(14)15)6-12-11(17)13-7-10(16)18-4-2/h8H,3-7H2,1-2H3,(H,14,15)(H2,12,13,17). The number of rotatable bonds is 8. The van der Waals surface area contributed by atoms with Gasteiger partial charge in [0.1, 0.15) is 6.54 Å². The van der Waals surface area contributed by atoms with E-state index in [-0.39, 0.29) is 32.0 Å². The van der Waals surface area contributed by atoms with Gasteiger partial charge in [-0.2, -0.15) is 0 Å². The molecule has 0 saturated heterocycles. The Morgan fingerprint density at radius 2 is 1.89 bits per heavy atom.